The SMILES string of the molecule is CCC(C)CC(C)C=C(C)C=CC=CC=CC(=O)C12OC1C(O)(C(C)C)NC2=O. The van der Waals surface area contributed by atoms with E-state index in [9.17, 15) is 14.7 Å². The second-order valence-electron chi connectivity index (χ2n) is 8.77. The van der Waals surface area contributed by atoms with E-state index < -0.39 is 29.1 Å². The fourth-order valence-corrected chi connectivity index (χ4v) is 3.79. The molecule has 5 atom stereocenters. The third-order valence-electron chi connectivity index (χ3n) is 5.87. The highest BCUT2D eigenvalue weighted by molar-refractivity contribution is 6.19. The lowest BCUT2D eigenvalue weighted by molar-refractivity contribution is -0.139. The highest BCUT2D eigenvalue weighted by Gasteiger charge is 2.80. The van der Waals surface area contributed by atoms with Gasteiger partial charge in [0.05, 0.1) is 0 Å². The molecule has 29 heavy (non-hydrogen) atoms. The fraction of sp³-hybridized carbons (Fsp3) is 0.583. The number of carbonyl (C=O) groups is 2. The average Bonchev–Trinajstić information content (AvgIpc) is 3.36. The van der Waals surface area contributed by atoms with E-state index in [1.807, 2.05) is 18.2 Å². The highest BCUT2D eigenvalue weighted by Crippen LogP contribution is 2.51. The summed E-state index contributed by atoms with van der Waals surface area (Å²) >= 11 is 0. The number of nitrogens with one attached hydrogen (secondary N) is 1. The number of morpholine rings is 1. The standard InChI is InChI=1S/C24H35NO4/c1-7-17(4)14-19(6)15-18(5)12-10-8-9-11-13-20(26)23-21(29-23)24(28,16(2)3)25-22(23)27/h8-13,15-17,19,21,28H,7,14H2,1-6H3,(H,25,27). The van der Waals surface area contributed by atoms with E-state index in [0.29, 0.717) is 5.92 Å². The molecule has 0 bridgehead atoms. The molecule has 5 unspecified atom stereocenters. The summed E-state index contributed by atoms with van der Waals surface area (Å²) in [7, 11) is 0. The molecule has 2 saturated heterocycles. The summed E-state index contributed by atoms with van der Waals surface area (Å²) in [5.74, 6) is 0.00829. The van der Waals surface area contributed by atoms with E-state index in [1.165, 1.54) is 24.5 Å². The molecule has 2 aliphatic heterocycles. The Morgan fingerprint density at radius 1 is 1.17 bits per heavy atom. The molecule has 2 N–H and O–H groups in total. The van der Waals surface area contributed by atoms with Gasteiger partial charge in [-0.25, -0.2) is 0 Å². The fourth-order valence-electron chi connectivity index (χ4n) is 3.79. The summed E-state index contributed by atoms with van der Waals surface area (Å²) in [6, 6.07) is 0. The molecule has 0 aromatic carbocycles. The lowest BCUT2D eigenvalue weighted by Crippen LogP contribution is -2.52. The molecule has 5 nitrogen and oxygen atoms in total. The van der Waals surface area contributed by atoms with Gasteiger partial charge in [0.1, 0.15) is 0 Å². The Labute approximate surface area is 174 Å². The Balaban J connectivity index is 1.87. The summed E-state index contributed by atoms with van der Waals surface area (Å²) in [5, 5.41) is 13.0. The normalized spacial score (nSPS) is 31.7. The van der Waals surface area contributed by atoms with Crippen LogP contribution in [0, 0.1) is 17.8 Å². The van der Waals surface area contributed by atoms with E-state index in [4.69, 9.17) is 4.74 Å². The van der Waals surface area contributed by atoms with Gasteiger partial charge in [-0.05, 0) is 31.3 Å². The van der Waals surface area contributed by atoms with Gasteiger partial charge in [0.25, 0.3) is 5.91 Å². The monoisotopic (exact) mass is 401 g/mol. The van der Waals surface area contributed by atoms with Crippen LogP contribution in [0.5, 0.6) is 0 Å². The number of allylic oxidation sites excluding steroid dienone is 7. The van der Waals surface area contributed by atoms with Crippen molar-refractivity contribution in [3.63, 3.8) is 0 Å². The minimum absolute atomic E-state index is 0.258. The van der Waals surface area contributed by atoms with Crippen LogP contribution in [-0.2, 0) is 14.3 Å². The first-order valence-corrected chi connectivity index (χ1v) is 10.5. The Kier molecular flexibility index (Phi) is 7.41. The molecule has 0 aromatic rings. The topological polar surface area (TPSA) is 78.9 Å². The second-order valence-corrected chi connectivity index (χ2v) is 8.77. The molecule has 2 rings (SSSR count). The third-order valence-corrected chi connectivity index (χ3v) is 5.87. The van der Waals surface area contributed by atoms with Gasteiger partial charge in [-0.3, -0.25) is 9.59 Å². The zero-order valence-electron chi connectivity index (χ0n) is 18.4. The molecule has 5 heteroatoms. The van der Waals surface area contributed by atoms with Gasteiger partial charge in [-0.1, -0.05) is 83.1 Å². The summed E-state index contributed by atoms with van der Waals surface area (Å²) in [6.07, 6.45) is 14.3. The molecule has 0 aliphatic carbocycles. The Morgan fingerprint density at radius 2 is 1.79 bits per heavy atom. The van der Waals surface area contributed by atoms with Gasteiger partial charge in [-0.2, -0.15) is 0 Å². The summed E-state index contributed by atoms with van der Waals surface area (Å²) < 4.78 is 5.37. The van der Waals surface area contributed by atoms with Crippen LogP contribution in [0.1, 0.15) is 54.4 Å². The van der Waals surface area contributed by atoms with Gasteiger partial charge in [0.15, 0.2) is 17.6 Å². The number of epoxide rings is 1. The number of ether oxygens (including phenoxy) is 1. The number of aliphatic hydroxyl groups is 1. The molecule has 160 valence electrons. The van der Waals surface area contributed by atoms with Crippen molar-refractivity contribution >= 4 is 11.7 Å². The predicted octanol–water partition coefficient (Wildman–Crippen LogP) is 3.85. The van der Waals surface area contributed by atoms with Crippen LogP contribution in [-0.4, -0.2) is 34.2 Å². The van der Waals surface area contributed by atoms with Gasteiger partial charge >= 0.3 is 0 Å². The number of hydrogen-bond acceptors (Lipinski definition) is 4. The van der Waals surface area contributed by atoms with E-state index in [2.05, 4.69) is 39.1 Å². The molecule has 2 fully saturated rings. The Hall–Kier alpha value is -1.98. The van der Waals surface area contributed by atoms with Crippen molar-refractivity contribution in [2.45, 2.75) is 71.8 Å². The highest BCUT2D eigenvalue weighted by atomic mass is 16.6. The van der Waals surface area contributed by atoms with Crippen molar-refractivity contribution in [1.29, 1.82) is 0 Å². The quantitative estimate of drug-likeness (QED) is 0.252. The predicted molar refractivity (Wildman–Crippen MR) is 115 cm³/mol. The van der Waals surface area contributed by atoms with E-state index >= 15 is 0 Å². The van der Waals surface area contributed by atoms with Crippen LogP contribution in [0.3, 0.4) is 0 Å². The largest absolute Gasteiger partial charge is 0.368 e. The number of amides is 1. The van der Waals surface area contributed by atoms with Crippen LogP contribution in [0.2, 0.25) is 0 Å². The van der Waals surface area contributed by atoms with Gasteiger partial charge in [-0.15, -0.1) is 0 Å². The minimum atomic E-state index is -1.57. The maximum atomic E-state index is 12.5. The molecule has 0 aromatic heterocycles. The molecule has 1 amide bonds. The van der Waals surface area contributed by atoms with Crippen LogP contribution in [0.4, 0.5) is 0 Å². The Morgan fingerprint density at radius 3 is 2.31 bits per heavy atom. The minimum Gasteiger partial charge on any atom is -0.368 e. The van der Waals surface area contributed by atoms with Gasteiger partial charge in [0, 0.05) is 5.92 Å². The van der Waals surface area contributed by atoms with Crippen LogP contribution < -0.4 is 5.32 Å². The smallest absolute Gasteiger partial charge is 0.265 e. The zero-order chi connectivity index (χ0) is 21.8. The molecular formula is C24H35NO4. The summed E-state index contributed by atoms with van der Waals surface area (Å²) in [4.78, 5) is 24.7. The molecule has 2 aliphatic rings. The average molecular weight is 402 g/mol. The second kappa shape index (κ2) is 9.23. The summed E-state index contributed by atoms with van der Waals surface area (Å²) in [6.45, 7) is 12.4. The van der Waals surface area contributed by atoms with Crippen molar-refractivity contribution < 1.29 is 19.4 Å². The molecule has 0 radical (unpaired) electrons. The van der Waals surface area contributed by atoms with Crippen LogP contribution >= 0.6 is 0 Å². The van der Waals surface area contributed by atoms with Crippen molar-refractivity contribution in [2.24, 2.45) is 17.8 Å². The summed E-state index contributed by atoms with van der Waals surface area (Å²) in [5.41, 5.74) is -1.85. The van der Waals surface area contributed by atoms with Gasteiger partial charge < -0.3 is 15.2 Å². The van der Waals surface area contributed by atoms with E-state index in [0.717, 1.165) is 5.92 Å². The van der Waals surface area contributed by atoms with E-state index in [-0.39, 0.29) is 5.92 Å². The van der Waals surface area contributed by atoms with Crippen molar-refractivity contribution in [3.05, 3.63) is 48.1 Å². The van der Waals surface area contributed by atoms with E-state index in [1.54, 1.807) is 26.0 Å². The number of carbonyl (C=O) groups excluding carboxylic acids is 2. The number of ketones is 1. The molecule has 2 heterocycles. The first-order chi connectivity index (χ1) is 13.6. The Bertz CT molecular complexity index is 748. The first kappa shape index (κ1) is 23.3. The lowest BCUT2D eigenvalue weighted by Gasteiger charge is -2.27. The zero-order valence-corrected chi connectivity index (χ0v) is 18.4. The first-order valence-electron chi connectivity index (χ1n) is 10.5. The number of rotatable bonds is 10. The molecule has 0 saturated carbocycles. The molecule has 0 spiro atoms. The van der Waals surface area contributed by atoms with Crippen molar-refractivity contribution in [2.75, 3.05) is 0 Å². The van der Waals surface area contributed by atoms with Crippen molar-refractivity contribution in [1.82, 2.24) is 5.32 Å². The molecular weight excluding hydrogens is 366 g/mol. The van der Waals surface area contributed by atoms with Crippen LogP contribution in [0.15, 0.2) is 48.1 Å². The maximum absolute atomic E-state index is 12.5. The number of fused-ring (bicyclic) bond motifs is 1. The lowest BCUT2D eigenvalue weighted by atomic mass is 9.91. The maximum Gasteiger partial charge on any atom is 0.265 e. The van der Waals surface area contributed by atoms with Crippen LogP contribution in [0.25, 0.3) is 0 Å². The van der Waals surface area contributed by atoms with Gasteiger partial charge in [0.2, 0.25) is 5.60 Å². The number of hydrogen-bond donors (Lipinski definition) is 2. The van der Waals surface area contributed by atoms with Crippen molar-refractivity contribution in [3.8, 4) is 0 Å². The third kappa shape index (κ3) is 4.96.